The van der Waals surface area contributed by atoms with Gasteiger partial charge in [0.2, 0.25) is 5.91 Å². The van der Waals surface area contributed by atoms with Gasteiger partial charge in [-0.2, -0.15) is 0 Å². The highest BCUT2D eigenvalue weighted by molar-refractivity contribution is 7.13. The zero-order chi connectivity index (χ0) is 15.2. The molecule has 1 fully saturated rings. The monoisotopic (exact) mass is 310 g/mol. The van der Waals surface area contributed by atoms with Crippen molar-refractivity contribution >= 4 is 23.2 Å². The van der Waals surface area contributed by atoms with E-state index in [2.05, 4.69) is 10.3 Å². The second kappa shape index (κ2) is 7.54. The summed E-state index contributed by atoms with van der Waals surface area (Å²) < 4.78 is 0. The van der Waals surface area contributed by atoms with Crippen LogP contribution in [0.4, 0.5) is 0 Å². The minimum atomic E-state index is -0.956. The molecule has 0 atom stereocenters. The Balaban J connectivity index is 1.88. The lowest BCUT2D eigenvalue weighted by Gasteiger charge is -2.18. The van der Waals surface area contributed by atoms with Crippen LogP contribution in [0.25, 0.3) is 0 Å². The van der Waals surface area contributed by atoms with E-state index in [4.69, 9.17) is 5.11 Å². The van der Waals surface area contributed by atoms with Crippen molar-refractivity contribution < 1.29 is 14.7 Å². The maximum atomic E-state index is 12.2. The summed E-state index contributed by atoms with van der Waals surface area (Å²) in [6.07, 6.45) is 7.89. The third kappa shape index (κ3) is 4.52. The minimum absolute atomic E-state index is 0.0848. The molecule has 2 rings (SSSR count). The van der Waals surface area contributed by atoms with Crippen LogP contribution in [0.2, 0.25) is 0 Å². The van der Waals surface area contributed by atoms with E-state index in [1.54, 1.807) is 6.92 Å². The molecule has 1 aliphatic carbocycles. The topological polar surface area (TPSA) is 79.3 Å². The fourth-order valence-corrected chi connectivity index (χ4v) is 3.59. The third-order valence-electron chi connectivity index (χ3n) is 3.92. The molecule has 0 spiro atoms. The highest BCUT2D eigenvalue weighted by atomic mass is 32.1. The summed E-state index contributed by atoms with van der Waals surface area (Å²) in [5, 5.41) is 12.6. The average molecular weight is 310 g/mol. The van der Waals surface area contributed by atoms with Gasteiger partial charge < -0.3 is 10.4 Å². The number of carboxylic acids is 1. The summed E-state index contributed by atoms with van der Waals surface area (Å²) in [7, 11) is 0. The fraction of sp³-hybridized carbons (Fsp3) is 0.667. The molecule has 1 aliphatic rings. The van der Waals surface area contributed by atoms with Gasteiger partial charge in [0, 0.05) is 5.92 Å². The minimum Gasteiger partial charge on any atom is -0.477 e. The number of carboxylic acid groups (broad SMARTS) is 1. The van der Waals surface area contributed by atoms with Crippen LogP contribution in [0.5, 0.6) is 0 Å². The Labute approximate surface area is 128 Å². The molecule has 6 heteroatoms. The Morgan fingerprint density at radius 1 is 1.24 bits per heavy atom. The van der Waals surface area contributed by atoms with E-state index in [1.165, 1.54) is 19.3 Å². The molecule has 2 N–H and O–H groups in total. The van der Waals surface area contributed by atoms with Gasteiger partial charge in [0.1, 0.15) is 9.88 Å². The number of amides is 1. The van der Waals surface area contributed by atoms with Gasteiger partial charge in [0.15, 0.2) is 0 Å². The lowest BCUT2D eigenvalue weighted by atomic mass is 9.90. The molecular formula is C15H22N2O3S. The molecule has 1 heterocycles. The van der Waals surface area contributed by atoms with E-state index < -0.39 is 5.97 Å². The van der Waals surface area contributed by atoms with Crippen molar-refractivity contribution in [3.63, 3.8) is 0 Å². The number of nitrogens with one attached hydrogen (secondary N) is 1. The zero-order valence-corrected chi connectivity index (χ0v) is 13.2. The third-order valence-corrected chi connectivity index (χ3v) is 5.07. The van der Waals surface area contributed by atoms with Crippen LogP contribution >= 0.6 is 11.3 Å². The first-order valence-electron chi connectivity index (χ1n) is 7.55. The van der Waals surface area contributed by atoms with Gasteiger partial charge in [-0.3, -0.25) is 4.79 Å². The molecule has 1 saturated carbocycles. The number of aromatic nitrogens is 1. The van der Waals surface area contributed by atoms with Crippen LogP contribution in [-0.4, -0.2) is 22.0 Å². The molecule has 0 radical (unpaired) electrons. The van der Waals surface area contributed by atoms with Crippen LogP contribution in [-0.2, 0) is 11.3 Å². The quantitative estimate of drug-likeness (QED) is 0.895. The molecule has 1 aromatic heterocycles. The van der Waals surface area contributed by atoms with Gasteiger partial charge in [-0.05, 0) is 19.8 Å². The van der Waals surface area contributed by atoms with Crippen molar-refractivity contribution in [2.45, 2.75) is 58.4 Å². The first-order valence-corrected chi connectivity index (χ1v) is 8.37. The molecule has 0 aromatic carbocycles. The average Bonchev–Trinajstić information content (AvgIpc) is 2.77. The molecule has 5 nitrogen and oxygen atoms in total. The maximum absolute atomic E-state index is 12.2. The van der Waals surface area contributed by atoms with Crippen LogP contribution in [0.3, 0.4) is 0 Å². The van der Waals surface area contributed by atoms with E-state index in [0.717, 1.165) is 37.0 Å². The van der Waals surface area contributed by atoms with Crippen molar-refractivity contribution in [2.75, 3.05) is 0 Å². The van der Waals surface area contributed by atoms with E-state index >= 15 is 0 Å². The fourth-order valence-electron chi connectivity index (χ4n) is 2.75. The normalized spacial score (nSPS) is 17.0. The summed E-state index contributed by atoms with van der Waals surface area (Å²) in [6.45, 7) is 2.01. The smallest absolute Gasteiger partial charge is 0.347 e. The van der Waals surface area contributed by atoms with E-state index in [1.807, 2.05) is 0 Å². The highest BCUT2D eigenvalue weighted by Gasteiger charge is 2.20. The standard InChI is InChI=1S/C15H22N2O3S/c1-10-13(15(19)20)21-12(17-10)9-16-14(18)11-7-5-3-2-4-6-8-11/h11H,2-9H2,1H3,(H,16,18)(H,19,20). The van der Waals surface area contributed by atoms with Gasteiger partial charge in [-0.25, -0.2) is 9.78 Å². The van der Waals surface area contributed by atoms with Crippen molar-refractivity contribution in [3.8, 4) is 0 Å². The van der Waals surface area contributed by atoms with Crippen LogP contribution in [0.15, 0.2) is 0 Å². The second-order valence-electron chi connectivity index (χ2n) is 5.59. The van der Waals surface area contributed by atoms with Crippen molar-refractivity contribution in [1.29, 1.82) is 0 Å². The Morgan fingerprint density at radius 3 is 2.43 bits per heavy atom. The van der Waals surface area contributed by atoms with Crippen LogP contribution in [0, 0.1) is 12.8 Å². The number of rotatable bonds is 4. The SMILES string of the molecule is Cc1nc(CNC(=O)C2CCCCCCC2)sc1C(=O)O. The summed E-state index contributed by atoms with van der Waals surface area (Å²) in [5.74, 6) is -0.769. The maximum Gasteiger partial charge on any atom is 0.347 e. The lowest BCUT2D eigenvalue weighted by Crippen LogP contribution is -2.30. The first kappa shape index (κ1) is 15.9. The summed E-state index contributed by atoms with van der Waals surface area (Å²) >= 11 is 1.14. The number of nitrogens with zero attached hydrogens (tertiary/aromatic N) is 1. The van der Waals surface area contributed by atoms with Gasteiger partial charge >= 0.3 is 5.97 Å². The first-order chi connectivity index (χ1) is 10.1. The predicted molar refractivity (Wildman–Crippen MR) is 81.5 cm³/mol. The largest absolute Gasteiger partial charge is 0.477 e. The molecule has 0 saturated heterocycles. The summed E-state index contributed by atoms with van der Waals surface area (Å²) in [6, 6.07) is 0. The Bertz CT molecular complexity index is 505. The number of carbonyl (C=O) groups excluding carboxylic acids is 1. The van der Waals surface area contributed by atoms with E-state index in [0.29, 0.717) is 17.2 Å². The molecule has 21 heavy (non-hydrogen) atoms. The van der Waals surface area contributed by atoms with Gasteiger partial charge in [-0.1, -0.05) is 32.1 Å². The number of hydrogen-bond acceptors (Lipinski definition) is 4. The van der Waals surface area contributed by atoms with Crippen molar-refractivity contribution in [3.05, 3.63) is 15.6 Å². The molecule has 1 amide bonds. The van der Waals surface area contributed by atoms with Gasteiger partial charge in [0.25, 0.3) is 0 Å². The Kier molecular flexibility index (Phi) is 5.73. The molecule has 0 unspecified atom stereocenters. The molecule has 0 aliphatic heterocycles. The highest BCUT2D eigenvalue weighted by Crippen LogP contribution is 2.23. The van der Waals surface area contributed by atoms with Crippen molar-refractivity contribution in [1.82, 2.24) is 10.3 Å². The number of hydrogen-bond donors (Lipinski definition) is 2. The summed E-state index contributed by atoms with van der Waals surface area (Å²) in [5.41, 5.74) is 0.516. The Morgan fingerprint density at radius 2 is 1.86 bits per heavy atom. The summed E-state index contributed by atoms with van der Waals surface area (Å²) in [4.78, 5) is 27.6. The zero-order valence-electron chi connectivity index (χ0n) is 12.4. The lowest BCUT2D eigenvalue weighted by molar-refractivity contribution is -0.125. The van der Waals surface area contributed by atoms with Gasteiger partial charge in [-0.15, -0.1) is 11.3 Å². The van der Waals surface area contributed by atoms with Crippen molar-refractivity contribution in [2.24, 2.45) is 5.92 Å². The number of thiazole rings is 1. The van der Waals surface area contributed by atoms with E-state index in [9.17, 15) is 9.59 Å². The number of aromatic carboxylic acids is 1. The second-order valence-corrected chi connectivity index (χ2v) is 6.67. The van der Waals surface area contributed by atoms with Crippen LogP contribution < -0.4 is 5.32 Å². The van der Waals surface area contributed by atoms with E-state index in [-0.39, 0.29) is 16.7 Å². The predicted octanol–water partition coefficient (Wildman–Crippen LogP) is 3.13. The molecule has 1 aromatic rings. The molecular weight excluding hydrogens is 288 g/mol. The van der Waals surface area contributed by atoms with Gasteiger partial charge in [0.05, 0.1) is 12.2 Å². The Hall–Kier alpha value is -1.43. The number of carbonyl (C=O) groups is 2. The molecule has 0 bridgehead atoms. The molecule has 116 valence electrons. The number of aryl methyl sites for hydroxylation is 1. The van der Waals surface area contributed by atoms with Crippen LogP contribution in [0.1, 0.15) is 65.3 Å².